The number of benzene rings is 1. The van der Waals surface area contributed by atoms with Crippen molar-refractivity contribution in [3.63, 3.8) is 0 Å². The van der Waals surface area contributed by atoms with Crippen LogP contribution >= 0.6 is 0 Å². The molecule has 2 N–H and O–H groups in total. The fourth-order valence-electron chi connectivity index (χ4n) is 14.7. The number of carbonyl (C=O) groups is 6. The predicted octanol–water partition coefficient (Wildman–Crippen LogP) is 1.61. The molecule has 8 fully saturated rings. The van der Waals surface area contributed by atoms with E-state index in [0.29, 0.717) is 0 Å². The van der Waals surface area contributed by atoms with Gasteiger partial charge in [0.05, 0.1) is 22.5 Å². The third kappa shape index (κ3) is 4.99. The van der Waals surface area contributed by atoms with E-state index in [1.54, 1.807) is 39.8 Å². The Bertz CT molecular complexity index is 2280. The van der Waals surface area contributed by atoms with Gasteiger partial charge in [-0.1, -0.05) is 45.4 Å². The number of nitrogens with zero attached hydrogens (tertiary/aromatic N) is 1. The van der Waals surface area contributed by atoms with E-state index in [0.717, 1.165) is 23.7 Å². The first kappa shape index (κ1) is 42.3. The molecule has 17 nitrogen and oxygen atoms in total. The second-order valence-electron chi connectivity index (χ2n) is 19.7. The number of aryl methyl sites for hydroxylation is 1. The molecule has 21 atom stereocenters. The first-order chi connectivity index (χ1) is 28.3. The van der Waals surface area contributed by atoms with Crippen molar-refractivity contribution >= 4 is 45.7 Å². The Morgan fingerprint density at radius 2 is 1.33 bits per heavy atom. The number of ketones is 1. The fourth-order valence-corrected chi connectivity index (χ4v) is 16.7. The van der Waals surface area contributed by atoms with Gasteiger partial charge in [0.1, 0.15) is 36.6 Å². The lowest BCUT2D eigenvalue weighted by Gasteiger charge is -2.65. The normalized spacial score (nSPS) is 50.8. The maximum Gasteiger partial charge on any atom is 0.340 e. The zero-order valence-corrected chi connectivity index (χ0v) is 36.5. The number of Topliss-reactive ketones (excluding diaryl/α,β-unsaturated/α-hetero) is 1. The Hall–Kier alpha value is -3.97. The number of sulfonamides is 1. The molecule has 5 saturated carbocycles. The summed E-state index contributed by atoms with van der Waals surface area (Å²) in [6, 6.07) is 4.99. The summed E-state index contributed by atoms with van der Waals surface area (Å²) in [5, 5.41) is 25.2. The van der Waals surface area contributed by atoms with Crippen molar-refractivity contribution in [1.29, 1.82) is 0 Å². The largest absolute Gasteiger partial charge is 0.462 e. The van der Waals surface area contributed by atoms with Crippen molar-refractivity contribution in [2.24, 2.45) is 57.7 Å². The van der Waals surface area contributed by atoms with Crippen LogP contribution in [0.4, 0.5) is 0 Å². The Kier molecular flexibility index (Phi) is 8.90. The number of esters is 5. The van der Waals surface area contributed by atoms with Gasteiger partial charge in [-0.05, 0) is 44.2 Å². The summed E-state index contributed by atoms with van der Waals surface area (Å²) in [5.74, 6) is -12.3. The summed E-state index contributed by atoms with van der Waals surface area (Å²) >= 11 is 0. The number of epoxide rings is 1. The predicted molar refractivity (Wildman–Crippen MR) is 204 cm³/mol. The molecule has 0 aromatic heterocycles. The van der Waals surface area contributed by atoms with Crippen LogP contribution in [0.2, 0.25) is 0 Å². The van der Waals surface area contributed by atoms with E-state index >= 15 is 0 Å². The van der Waals surface area contributed by atoms with Gasteiger partial charge in [0.2, 0.25) is 15.7 Å². The van der Waals surface area contributed by atoms with Crippen LogP contribution in [0.1, 0.15) is 74.3 Å². The number of hydrogen-bond acceptors (Lipinski definition) is 16. The van der Waals surface area contributed by atoms with Gasteiger partial charge >= 0.3 is 29.8 Å². The highest BCUT2D eigenvalue weighted by Crippen LogP contribution is 2.82. The average Bonchev–Trinajstić information content (AvgIpc) is 4.04. The van der Waals surface area contributed by atoms with Crippen LogP contribution in [0.25, 0.3) is 0 Å². The SMILES string of the molecule is CC(=O)O[C@H]1[C@@H]2[C@H]([C@H](C)[C@H]3N(S(=O)(=O)c4ccc(C)cc4)[C@]34OC(=O)[C@@](C)(O)[C@]24C)[C@]2(C)[C@@H]1C1C([C@H](OC(C)=O)[C@@H]2OC(C)=O)[C@]2(C)[C@H](C[C@@H]3O[C@@H]3[C@@H]2OC(C)=O)C(=O)[C@@H]1O. The summed E-state index contributed by atoms with van der Waals surface area (Å²) in [7, 11) is -4.48. The van der Waals surface area contributed by atoms with E-state index in [-0.39, 0.29) is 11.3 Å². The summed E-state index contributed by atoms with van der Waals surface area (Å²) in [6.07, 6.45) is -8.16. The summed E-state index contributed by atoms with van der Waals surface area (Å²) < 4.78 is 67.9. The van der Waals surface area contributed by atoms with Crippen LogP contribution in [0, 0.1) is 64.6 Å². The van der Waals surface area contributed by atoms with E-state index < -0.39 is 163 Å². The molecule has 3 heterocycles. The Morgan fingerprint density at radius 3 is 1.90 bits per heavy atom. The number of carbonyl (C=O) groups excluding carboxylic acids is 6. The highest BCUT2D eigenvalue weighted by molar-refractivity contribution is 7.89. The lowest BCUT2D eigenvalue weighted by atomic mass is 9.41. The first-order valence-corrected chi connectivity index (χ1v) is 22.3. The lowest BCUT2D eigenvalue weighted by molar-refractivity contribution is -0.273. The Labute approximate surface area is 353 Å². The van der Waals surface area contributed by atoms with Gasteiger partial charge in [0, 0.05) is 68.1 Å². The molecular weight excluding hydrogens is 819 g/mol. The molecule has 3 unspecified atom stereocenters. The molecule has 61 heavy (non-hydrogen) atoms. The van der Waals surface area contributed by atoms with Gasteiger partial charge in [-0.3, -0.25) is 24.0 Å². The molecule has 1 aromatic rings. The van der Waals surface area contributed by atoms with Crippen LogP contribution in [0.5, 0.6) is 0 Å². The molecule has 3 saturated heterocycles. The van der Waals surface area contributed by atoms with Gasteiger partial charge in [-0.25, -0.2) is 13.2 Å². The van der Waals surface area contributed by atoms with E-state index in [1.807, 2.05) is 0 Å². The van der Waals surface area contributed by atoms with Crippen LogP contribution in [-0.2, 0) is 67.2 Å². The van der Waals surface area contributed by atoms with Crippen molar-refractivity contribution in [1.82, 2.24) is 4.31 Å². The molecular formula is C43H53NO16S. The van der Waals surface area contributed by atoms with Gasteiger partial charge in [0.15, 0.2) is 11.4 Å². The molecule has 5 aliphatic carbocycles. The van der Waals surface area contributed by atoms with Gasteiger partial charge < -0.3 is 38.6 Å². The van der Waals surface area contributed by atoms with Crippen LogP contribution in [0.3, 0.4) is 0 Å². The molecule has 3 aliphatic heterocycles. The second kappa shape index (κ2) is 12.8. The molecule has 0 bridgehead atoms. The maximum atomic E-state index is 14.8. The first-order valence-electron chi connectivity index (χ1n) is 20.9. The molecule has 332 valence electrons. The Morgan fingerprint density at radius 1 is 0.787 bits per heavy atom. The minimum absolute atomic E-state index is 0.0960. The topological polar surface area (TPSA) is 239 Å². The third-order valence-electron chi connectivity index (χ3n) is 16.9. The van der Waals surface area contributed by atoms with E-state index in [1.165, 1.54) is 39.8 Å². The minimum atomic E-state index is -4.48. The van der Waals surface area contributed by atoms with Crippen molar-refractivity contribution in [2.45, 2.75) is 141 Å². The van der Waals surface area contributed by atoms with Gasteiger partial charge in [0.25, 0.3) is 0 Å². The standard InChI is InChI=1S/C43H53NO16S/c1-16-11-13-22(14-12-16)61(53,54)44-35-17(2)26-29(41(9)42(10,52)38(51)60-43(35,41)44)33(55-18(3)45)27-25-28(34(56-19(4)46)37(40(26,27)8)58-21(6)48)39(7)23(30(49)31(25)50)15-24-32(59-24)36(39)57-20(5)47/h11-14,17,23-29,31-37,50,52H,15H2,1-10H3/t17-,23+,24-,25?,26-,27+,28?,29-,31+,32-,33+,34-,35+,36-,37-,39-,40+,41-,42+,43-,44?/m0/s1. The van der Waals surface area contributed by atoms with Crippen molar-refractivity contribution in [3.05, 3.63) is 29.8 Å². The maximum absolute atomic E-state index is 14.8. The summed E-state index contributed by atoms with van der Waals surface area (Å²) in [5.41, 5.74) is -8.62. The lowest BCUT2D eigenvalue weighted by Crippen LogP contribution is -2.74. The number of aliphatic hydroxyl groups excluding tert-OH is 1. The van der Waals surface area contributed by atoms with E-state index in [4.69, 9.17) is 28.4 Å². The number of fused-ring (bicyclic) bond motifs is 9. The highest BCUT2D eigenvalue weighted by atomic mass is 32.2. The molecule has 0 radical (unpaired) electrons. The van der Waals surface area contributed by atoms with E-state index in [2.05, 4.69) is 0 Å². The number of hydrogen-bond donors (Lipinski definition) is 2. The number of ether oxygens (including phenoxy) is 6. The van der Waals surface area contributed by atoms with Crippen LogP contribution in [-0.4, -0.2) is 119 Å². The monoisotopic (exact) mass is 871 g/mol. The average molecular weight is 872 g/mol. The van der Waals surface area contributed by atoms with E-state index in [9.17, 15) is 47.4 Å². The molecule has 1 aromatic carbocycles. The van der Waals surface area contributed by atoms with Crippen LogP contribution in [0.15, 0.2) is 29.2 Å². The highest BCUT2D eigenvalue weighted by Gasteiger charge is 2.96. The zero-order valence-electron chi connectivity index (χ0n) is 35.6. The fraction of sp³-hybridized carbons (Fsp3) is 0.721. The van der Waals surface area contributed by atoms with Gasteiger partial charge in [-0.15, -0.1) is 4.31 Å². The van der Waals surface area contributed by atoms with Crippen molar-refractivity contribution in [2.75, 3.05) is 0 Å². The number of aliphatic hydroxyl groups is 2. The minimum Gasteiger partial charge on any atom is -0.462 e. The van der Waals surface area contributed by atoms with Gasteiger partial charge in [-0.2, -0.15) is 0 Å². The quantitative estimate of drug-likeness (QED) is 0.235. The Balaban J connectivity index is 1.32. The molecule has 1 spiro atoms. The number of rotatable bonds is 6. The third-order valence-corrected chi connectivity index (χ3v) is 18.8. The summed E-state index contributed by atoms with van der Waals surface area (Å²) in [6.45, 7) is 14.4. The molecule has 9 rings (SSSR count). The van der Waals surface area contributed by atoms with Crippen LogP contribution < -0.4 is 0 Å². The zero-order chi connectivity index (χ0) is 44.6. The molecule has 0 amide bonds. The summed E-state index contributed by atoms with van der Waals surface area (Å²) in [4.78, 5) is 82.1. The molecule has 18 heteroatoms. The molecule has 8 aliphatic rings. The second-order valence-corrected chi connectivity index (χ2v) is 21.5. The smallest absolute Gasteiger partial charge is 0.340 e. The van der Waals surface area contributed by atoms with Crippen molar-refractivity contribution < 1.29 is 75.8 Å². The van der Waals surface area contributed by atoms with Crippen molar-refractivity contribution in [3.8, 4) is 0 Å².